The SMILES string of the molecule is CC(Oc1c(N)cccc1C(=O)O)C(=O)NC(C)(C)C. The molecule has 6 nitrogen and oxygen atoms in total. The van der Waals surface area contributed by atoms with Crippen LogP contribution in [0.25, 0.3) is 0 Å². The topological polar surface area (TPSA) is 102 Å². The van der Waals surface area contributed by atoms with Crippen LogP contribution in [0.1, 0.15) is 38.1 Å². The van der Waals surface area contributed by atoms with Gasteiger partial charge in [0.2, 0.25) is 0 Å². The molecule has 6 heteroatoms. The zero-order valence-electron chi connectivity index (χ0n) is 12.1. The normalized spacial score (nSPS) is 12.6. The maximum atomic E-state index is 11.9. The lowest BCUT2D eigenvalue weighted by molar-refractivity contribution is -0.128. The van der Waals surface area contributed by atoms with Gasteiger partial charge in [-0.3, -0.25) is 4.79 Å². The summed E-state index contributed by atoms with van der Waals surface area (Å²) in [6, 6.07) is 4.42. The highest BCUT2D eigenvalue weighted by Gasteiger charge is 2.23. The number of hydrogen-bond donors (Lipinski definition) is 3. The maximum Gasteiger partial charge on any atom is 0.339 e. The van der Waals surface area contributed by atoms with Crippen LogP contribution in [0.3, 0.4) is 0 Å². The molecule has 0 bridgehead atoms. The molecule has 1 rings (SSSR count). The van der Waals surface area contributed by atoms with Crippen molar-refractivity contribution in [1.29, 1.82) is 0 Å². The van der Waals surface area contributed by atoms with Gasteiger partial charge >= 0.3 is 5.97 Å². The number of carbonyl (C=O) groups excluding carboxylic acids is 1. The van der Waals surface area contributed by atoms with Crippen LogP contribution >= 0.6 is 0 Å². The monoisotopic (exact) mass is 280 g/mol. The number of para-hydroxylation sites is 1. The van der Waals surface area contributed by atoms with E-state index >= 15 is 0 Å². The van der Waals surface area contributed by atoms with Crippen LogP contribution in [-0.2, 0) is 4.79 Å². The van der Waals surface area contributed by atoms with Crippen LogP contribution < -0.4 is 15.8 Å². The number of ether oxygens (including phenoxy) is 1. The molecule has 0 saturated heterocycles. The Balaban J connectivity index is 2.93. The third kappa shape index (κ3) is 4.15. The van der Waals surface area contributed by atoms with Gasteiger partial charge in [0.25, 0.3) is 5.91 Å². The molecule has 1 aromatic rings. The number of nitrogens with one attached hydrogen (secondary N) is 1. The Kier molecular flexibility index (Phi) is 4.60. The second-order valence-corrected chi connectivity index (χ2v) is 5.53. The first-order valence-electron chi connectivity index (χ1n) is 6.22. The molecule has 1 atom stereocenters. The Hall–Kier alpha value is -2.24. The highest BCUT2D eigenvalue weighted by Crippen LogP contribution is 2.27. The molecule has 0 fully saturated rings. The van der Waals surface area contributed by atoms with Crippen molar-refractivity contribution in [2.24, 2.45) is 0 Å². The first-order valence-corrected chi connectivity index (χ1v) is 6.22. The average molecular weight is 280 g/mol. The van der Waals surface area contributed by atoms with E-state index in [4.69, 9.17) is 15.6 Å². The fraction of sp³-hybridized carbons (Fsp3) is 0.429. The van der Waals surface area contributed by atoms with E-state index in [1.54, 1.807) is 6.92 Å². The van der Waals surface area contributed by atoms with Crippen molar-refractivity contribution in [3.63, 3.8) is 0 Å². The van der Waals surface area contributed by atoms with E-state index in [0.717, 1.165) is 0 Å². The second-order valence-electron chi connectivity index (χ2n) is 5.53. The molecule has 4 N–H and O–H groups in total. The predicted molar refractivity (Wildman–Crippen MR) is 75.8 cm³/mol. The van der Waals surface area contributed by atoms with Gasteiger partial charge in [-0.15, -0.1) is 0 Å². The summed E-state index contributed by atoms with van der Waals surface area (Å²) in [4.78, 5) is 23.0. The van der Waals surface area contributed by atoms with Gasteiger partial charge in [0.1, 0.15) is 5.56 Å². The molecule has 0 aliphatic heterocycles. The van der Waals surface area contributed by atoms with E-state index in [0.29, 0.717) is 0 Å². The molecule has 0 aromatic heterocycles. The highest BCUT2D eigenvalue weighted by atomic mass is 16.5. The summed E-state index contributed by atoms with van der Waals surface area (Å²) in [5.41, 5.74) is 5.43. The minimum absolute atomic E-state index is 0.0107. The third-order valence-corrected chi connectivity index (χ3v) is 2.44. The zero-order valence-corrected chi connectivity index (χ0v) is 12.1. The van der Waals surface area contributed by atoms with Gasteiger partial charge in [0.15, 0.2) is 11.9 Å². The summed E-state index contributed by atoms with van der Waals surface area (Å²) in [6.07, 6.45) is -0.850. The predicted octanol–water partition coefficient (Wildman–Crippen LogP) is 1.65. The van der Waals surface area contributed by atoms with E-state index < -0.39 is 17.6 Å². The molecule has 1 unspecified atom stereocenters. The number of aromatic carboxylic acids is 1. The number of carboxylic acid groups (broad SMARTS) is 1. The molecule has 1 amide bonds. The van der Waals surface area contributed by atoms with Crippen LogP contribution in [0.4, 0.5) is 5.69 Å². The quantitative estimate of drug-likeness (QED) is 0.728. The number of carbonyl (C=O) groups is 2. The minimum Gasteiger partial charge on any atom is -0.478 e. The molecule has 0 saturated carbocycles. The van der Waals surface area contributed by atoms with Crippen molar-refractivity contribution in [2.75, 3.05) is 5.73 Å². The number of nitrogens with two attached hydrogens (primary N) is 1. The maximum absolute atomic E-state index is 11.9. The van der Waals surface area contributed by atoms with E-state index in [1.165, 1.54) is 18.2 Å². The fourth-order valence-corrected chi connectivity index (χ4v) is 1.56. The Morgan fingerprint density at radius 2 is 1.95 bits per heavy atom. The van der Waals surface area contributed by atoms with Crippen LogP contribution in [0.2, 0.25) is 0 Å². The highest BCUT2D eigenvalue weighted by molar-refractivity contribution is 5.93. The van der Waals surface area contributed by atoms with Crippen molar-refractivity contribution in [3.05, 3.63) is 23.8 Å². The Morgan fingerprint density at radius 1 is 1.35 bits per heavy atom. The zero-order chi connectivity index (χ0) is 15.5. The fourth-order valence-electron chi connectivity index (χ4n) is 1.56. The summed E-state index contributed by atoms with van der Waals surface area (Å²) in [5, 5.41) is 11.8. The molecular formula is C14H20N2O4. The number of carboxylic acids is 1. The number of rotatable bonds is 4. The molecule has 20 heavy (non-hydrogen) atoms. The molecule has 1 aromatic carbocycles. The Labute approximate surface area is 117 Å². The summed E-state index contributed by atoms with van der Waals surface area (Å²) in [5.74, 6) is -1.48. The van der Waals surface area contributed by atoms with Crippen LogP contribution in [0.5, 0.6) is 5.75 Å². The number of amides is 1. The van der Waals surface area contributed by atoms with Crippen molar-refractivity contribution < 1.29 is 19.4 Å². The lowest BCUT2D eigenvalue weighted by Crippen LogP contribution is -2.46. The van der Waals surface area contributed by atoms with E-state index in [9.17, 15) is 9.59 Å². The van der Waals surface area contributed by atoms with Gasteiger partial charge < -0.3 is 20.9 Å². The van der Waals surface area contributed by atoms with Gasteiger partial charge in [-0.25, -0.2) is 4.79 Å². The summed E-state index contributed by atoms with van der Waals surface area (Å²) < 4.78 is 5.43. The van der Waals surface area contributed by atoms with Crippen LogP contribution in [0, 0.1) is 0 Å². The first kappa shape index (κ1) is 15.8. The molecule has 0 radical (unpaired) electrons. The molecule has 0 aliphatic carbocycles. The summed E-state index contributed by atoms with van der Waals surface area (Å²) >= 11 is 0. The molecule has 0 spiro atoms. The number of hydrogen-bond acceptors (Lipinski definition) is 4. The Morgan fingerprint density at radius 3 is 2.45 bits per heavy atom. The van der Waals surface area contributed by atoms with Gasteiger partial charge in [0, 0.05) is 5.54 Å². The second kappa shape index (κ2) is 5.81. The van der Waals surface area contributed by atoms with E-state index in [-0.39, 0.29) is 22.9 Å². The molecule has 0 heterocycles. The summed E-state index contributed by atoms with van der Waals surface area (Å²) in [6.45, 7) is 7.07. The number of anilines is 1. The largest absolute Gasteiger partial charge is 0.478 e. The van der Waals surface area contributed by atoms with Gasteiger partial charge in [-0.1, -0.05) is 6.07 Å². The van der Waals surface area contributed by atoms with Crippen molar-refractivity contribution >= 4 is 17.6 Å². The van der Waals surface area contributed by atoms with E-state index in [2.05, 4.69) is 5.32 Å². The van der Waals surface area contributed by atoms with E-state index in [1.807, 2.05) is 20.8 Å². The lowest BCUT2D eigenvalue weighted by Gasteiger charge is -2.24. The smallest absolute Gasteiger partial charge is 0.339 e. The summed E-state index contributed by atoms with van der Waals surface area (Å²) in [7, 11) is 0. The van der Waals surface area contributed by atoms with Gasteiger partial charge in [-0.05, 0) is 39.8 Å². The lowest BCUT2D eigenvalue weighted by atomic mass is 10.1. The standard InChI is InChI=1S/C14H20N2O4/c1-8(12(17)16-14(2,3)4)20-11-9(13(18)19)6-5-7-10(11)15/h5-8H,15H2,1-4H3,(H,16,17)(H,18,19). The number of nitrogen functional groups attached to an aromatic ring is 1. The molecule has 110 valence electrons. The van der Waals surface area contributed by atoms with Crippen molar-refractivity contribution in [2.45, 2.75) is 39.3 Å². The van der Waals surface area contributed by atoms with Crippen LogP contribution in [0.15, 0.2) is 18.2 Å². The van der Waals surface area contributed by atoms with Crippen molar-refractivity contribution in [1.82, 2.24) is 5.32 Å². The third-order valence-electron chi connectivity index (χ3n) is 2.44. The first-order chi connectivity index (χ1) is 9.11. The minimum atomic E-state index is -1.16. The van der Waals surface area contributed by atoms with Gasteiger partial charge in [0.05, 0.1) is 5.69 Å². The van der Waals surface area contributed by atoms with Crippen LogP contribution in [-0.4, -0.2) is 28.6 Å². The average Bonchev–Trinajstić information content (AvgIpc) is 2.28. The van der Waals surface area contributed by atoms with Gasteiger partial charge in [-0.2, -0.15) is 0 Å². The number of benzene rings is 1. The van der Waals surface area contributed by atoms with Crippen molar-refractivity contribution in [3.8, 4) is 5.75 Å². The Bertz CT molecular complexity index is 520. The molecular weight excluding hydrogens is 260 g/mol. The molecule has 0 aliphatic rings.